The molecule has 0 radical (unpaired) electrons. The molecule has 86 valence electrons. The van der Waals surface area contributed by atoms with Crippen LogP contribution in [-0.4, -0.2) is 10.8 Å². The molecule has 4 heteroatoms. The predicted molar refractivity (Wildman–Crippen MR) is 67.5 cm³/mol. The summed E-state index contributed by atoms with van der Waals surface area (Å²) in [4.78, 5) is 15.9. The molecular formula is C13H13N3O. The zero-order valence-corrected chi connectivity index (χ0v) is 9.26. The SMILES string of the molecule is Nc1ccc(C(=O)Cc2cnccc2N)cc1. The molecule has 0 atom stereocenters. The predicted octanol–water partition coefficient (Wildman–Crippen LogP) is 1.67. The molecule has 0 saturated heterocycles. The summed E-state index contributed by atoms with van der Waals surface area (Å²) in [5.74, 6) is 0.00435. The van der Waals surface area contributed by atoms with Gasteiger partial charge in [-0.2, -0.15) is 0 Å². The van der Waals surface area contributed by atoms with E-state index in [9.17, 15) is 4.79 Å². The first-order valence-corrected chi connectivity index (χ1v) is 5.24. The molecule has 0 aliphatic heterocycles. The molecule has 0 fully saturated rings. The number of rotatable bonds is 3. The minimum atomic E-state index is 0.00435. The van der Waals surface area contributed by atoms with Crippen molar-refractivity contribution in [3.05, 3.63) is 53.9 Å². The van der Waals surface area contributed by atoms with Gasteiger partial charge in [0.25, 0.3) is 0 Å². The average molecular weight is 227 g/mol. The van der Waals surface area contributed by atoms with Crippen LogP contribution in [0.3, 0.4) is 0 Å². The Bertz CT molecular complexity index is 535. The van der Waals surface area contributed by atoms with Crippen molar-refractivity contribution in [2.45, 2.75) is 6.42 Å². The molecule has 0 bridgehead atoms. The van der Waals surface area contributed by atoms with Crippen molar-refractivity contribution >= 4 is 17.2 Å². The Labute approximate surface area is 99.3 Å². The summed E-state index contributed by atoms with van der Waals surface area (Å²) in [6, 6.07) is 8.53. The van der Waals surface area contributed by atoms with Gasteiger partial charge in [0.2, 0.25) is 0 Å². The van der Waals surface area contributed by atoms with Crippen molar-refractivity contribution in [1.29, 1.82) is 0 Å². The van der Waals surface area contributed by atoms with Crippen LogP contribution in [0.15, 0.2) is 42.7 Å². The molecule has 0 saturated carbocycles. The van der Waals surface area contributed by atoms with E-state index in [2.05, 4.69) is 4.98 Å². The molecule has 0 spiro atoms. The fraction of sp³-hybridized carbons (Fsp3) is 0.0769. The van der Waals surface area contributed by atoms with Gasteiger partial charge in [-0.3, -0.25) is 9.78 Å². The summed E-state index contributed by atoms with van der Waals surface area (Å²) in [6.45, 7) is 0. The highest BCUT2D eigenvalue weighted by atomic mass is 16.1. The average Bonchev–Trinajstić information content (AvgIpc) is 2.33. The summed E-state index contributed by atoms with van der Waals surface area (Å²) in [7, 11) is 0. The molecular weight excluding hydrogens is 214 g/mol. The number of anilines is 2. The van der Waals surface area contributed by atoms with E-state index in [1.807, 2.05) is 0 Å². The van der Waals surface area contributed by atoms with Gasteiger partial charge in [-0.1, -0.05) is 0 Å². The fourth-order valence-corrected chi connectivity index (χ4v) is 1.53. The van der Waals surface area contributed by atoms with Crippen LogP contribution in [0.4, 0.5) is 11.4 Å². The fourth-order valence-electron chi connectivity index (χ4n) is 1.53. The van der Waals surface area contributed by atoms with Gasteiger partial charge in [0, 0.05) is 41.3 Å². The molecule has 2 rings (SSSR count). The molecule has 0 amide bonds. The van der Waals surface area contributed by atoms with E-state index >= 15 is 0 Å². The Hall–Kier alpha value is -2.36. The number of aromatic nitrogens is 1. The summed E-state index contributed by atoms with van der Waals surface area (Å²) < 4.78 is 0. The van der Waals surface area contributed by atoms with Gasteiger partial charge in [0.05, 0.1) is 0 Å². The van der Waals surface area contributed by atoms with E-state index in [-0.39, 0.29) is 12.2 Å². The molecule has 1 aromatic carbocycles. The van der Waals surface area contributed by atoms with Crippen molar-refractivity contribution in [1.82, 2.24) is 4.98 Å². The molecule has 0 unspecified atom stereocenters. The molecule has 1 aromatic heterocycles. The van der Waals surface area contributed by atoms with Crippen molar-refractivity contribution in [3.63, 3.8) is 0 Å². The summed E-state index contributed by atoms with van der Waals surface area (Å²) in [5, 5.41) is 0. The maximum atomic E-state index is 12.0. The smallest absolute Gasteiger partial charge is 0.167 e. The lowest BCUT2D eigenvalue weighted by atomic mass is 10.0. The van der Waals surface area contributed by atoms with E-state index in [0.29, 0.717) is 16.9 Å². The summed E-state index contributed by atoms with van der Waals surface area (Å²) in [5.41, 5.74) is 13.9. The van der Waals surface area contributed by atoms with E-state index in [1.165, 1.54) is 0 Å². The number of carbonyl (C=O) groups excluding carboxylic acids is 1. The van der Waals surface area contributed by atoms with Crippen molar-refractivity contribution in [3.8, 4) is 0 Å². The van der Waals surface area contributed by atoms with Crippen LogP contribution in [-0.2, 0) is 6.42 Å². The highest BCUT2D eigenvalue weighted by Crippen LogP contribution is 2.13. The van der Waals surface area contributed by atoms with Crippen molar-refractivity contribution in [2.24, 2.45) is 0 Å². The number of ketones is 1. The highest BCUT2D eigenvalue weighted by molar-refractivity contribution is 5.98. The van der Waals surface area contributed by atoms with E-state index in [1.54, 1.807) is 42.7 Å². The third-order valence-corrected chi connectivity index (χ3v) is 2.52. The minimum absolute atomic E-state index is 0.00435. The Morgan fingerprint density at radius 3 is 2.47 bits per heavy atom. The van der Waals surface area contributed by atoms with E-state index in [0.717, 1.165) is 5.56 Å². The Morgan fingerprint density at radius 1 is 1.12 bits per heavy atom. The summed E-state index contributed by atoms with van der Waals surface area (Å²) in [6.07, 6.45) is 3.47. The third-order valence-electron chi connectivity index (χ3n) is 2.52. The van der Waals surface area contributed by atoms with Gasteiger partial charge in [0.1, 0.15) is 0 Å². The first-order valence-electron chi connectivity index (χ1n) is 5.24. The molecule has 0 aliphatic rings. The number of hydrogen-bond acceptors (Lipinski definition) is 4. The van der Waals surface area contributed by atoms with Gasteiger partial charge in [-0.25, -0.2) is 0 Å². The lowest BCUT2D eigenvalue weighted by Gasteiger charge is -2.04. The van der Waals surface area contributed by atoms with E-state index < -0.39 is 0 Å². The quantitative estimate of drug-likeness (QED) is 0.617. The third kappa shape index (κ3) is 2.60. The first-order chi connectivity index (χ1) is 8.16. The Balaban J connectivity index is 2.17. The number of Topliss-reactive ketones (excluding diaryl/α,β-unsaturated/α-hetero) is 1. The summed E-state index contributed by atoms with van der Waals surface area (Å²) >= 11 is 0. The van der Waals surface area contributed by atoms with Crippen molar-refractivity contribution in [2.75, 3.05) is 11.5 Å². The topological polar surface area (TPSA) is 82.0 Å². The van der Waals surface area contributed by atoms with Crippen LogP contribution in [0.5, 0.6) is 0 Å². The van der Waals surface area contributed by atoms with Gasteiger partial charge >= 0.3 is 0 Å². The van der Waals surface area contributed by atoms with Crippen LogP contribution < -0.4 is 11.5 Å². The molecule has 4 nitrogen and oxygen atoms in total. The van der Waals surface area contributed by atoms with Crippen LogP contribution >= 0.6 is 0 Å². The lowest BCUT2D eigenvalue weighted by molar-refractivity contribution is 0.0993. The lowest BCUT2D eigenvalue weighted by Crippen LogP contribution is -2.06. The van der Waals surface area contributed by atoms with Gasteiger partial charge in [0.15, 0.2) is 5.78 Å². The first kappa shape index (κ1) is 11.1. The van der Waals surface area contributed by atoms with Crippen LogP contribution in [0.1, 0.15) is 15.9 Å². The van der Waals surface area contributed by atoms with Crippen molar-refractivity contribution < 1.29 is 4.79 Å². The molecule has 4 N–H and O–H groups in total. The van der Waals surface area contributed by atoms with Crippen LogP contribution in [0.2, 0.25) is 0 Å². The maximum absolute atomic E-state index is 12.0. The second kappa shape index (κ2) is 4.65. The van der Waals surface area contributed by atoms with Gasteiger partial charge in [-0.05, 0) is 30.3 Å². The van der Waals surface area contributed by atoms with Gasteiger partial charge in [-0.15, -0.1) is 0 Å². The number of benzene rings is 1. The largest absolute Gasteiger partial charge is 0.399 e. The number of nitrogen functional groups attached to an aromatic ring is 2. The molecule has 2 aromatic rings. The number of pyridine rings is 1. The monoisotopic (exact) mass is 227 g/mol. The number of carbonyl (C=O) groups is 1. The Kier molecular flexibility index (Phi) is 3.05. The maximum Gasteiger partial charge on any atom is 0.167 e. The second-order valence-corrected chi connectivity index (χ2v) is 3.80. The number of nitrogens with zero attached hydrogens (tertiary/aromatic N) is 1. The van der Waals surface area contributed by atoms with Gasteiger partial charge < -0.3 is 11.5 Å². The number of nitrogens with two attached hydrogens (primary N) is 2. The zero-order valence-electron chi connectivity index (χ0n) is 9.26. The normalized spacial score (nSPS) is 10.1. The second-order valence-electron chi connectivity index (χ2n) is 3.80. The number of hydrogen-bond donors (Lipinski definition) is 2. The molecule has 1 heterocycles. The molecule has 0 aliphatic carbocycles. The minimum Gasteiger partial charge on any atom is -0.399 e. The van der Waals surface area contributed by atoms with Crippen LogP contribution in [0.25, 0.3) is 0 Å². The standard InChI is InChI=1S/C13H13N3O/c14-11-3-1-9(2-4-11)13(17)7-10-8-16-6-5-12(10)15/h1-6,8H,7,14H2,(H2,15,16). The highest BCUT2D eigenvalue weighted by Gasteiger charge is 2.08. The molecule has 17 heavy (non-hydrogen) atoms. The zero-order chi connectivity index (χ0) is 12.3. The van der Waals surface area contributed by atoms with E-state index in [4.69, 9.17) is 11.5 Å². The van der Waals surface area contributed by atoms with Crippen LogP contribution in [0, 0.1) is 0 Å². The Morgan fingerprint density at radius 2 is 1.82 bits per heavy atom.